The Balaban J connectivity index is 1.52. The zero-order valence-corrected chi connectivity index (χ0v) is 15.2. The quantitative estimate of drug-likeness (QED) is 0.491. The summed E-state index contributed by atoms with van der Waals surface area (Å²) in [6, 6.07) is 19.1. The standard InChI is InChI=1S/C20H13N5O2S/c21-11-12-6-8-14(9-7-12)22-19(27)16-10-15-17(24-25-20(15)28-16)23-18(26)13-4-2-1-3-5-13/h1-10H,(H,22,27)(H2,23,24,25,26). The van der Waals surface area contributed by atoms with Crippen molar-refractivity contribution in [2.45, 2.75) is 0 Å². The van der Waals surface area contributed by atoms with Gasteiger partial charge in [-0.05, 0) is 42.5 Å². The predicted octanol–water partition coefficient (Wildman–Crippen LogP) is 4.00. The van der Waals surface area contributed by atoms with Crippen molar-refractivity contribution >= 4 is 44.9 Å². The van der Waals surface area contributed by atoms with E-state index in [9.17, 15) is 9.59 Å². The van der Waals surface area contributed by atoms with Crippen molar-refractivity contribution in [3.63, 3.8) is 0 Å². The van der Waals surface area contributed by atoms with Gasteiger partial charge in [-0.25, -0.2) is 0 Å². The first-order valence-electron chi connectivity index (χ1n) is 8.30. The summed E-state index contributed by atoms with van der Waals surface area (Å²) < 4.78 is 0. The van der Waals surface area contributed by atoms with Crippen LogP contribution in [0.4, 0.5) is 11.5 Å². The first-order chi connectivity index (χ1) is 13.6. The van der Waals surface area contributed by atoms with Crippen LogP contribution in [0.5, 0.6) is 0 Å². The lowest BCUT2D eigenvalue weighted by molar-refractivity contribution is 0.102. The van der Waals surface area contributed by atoms with Crippen molar-refractivity contribution in [1.29, 1.82) is 5.26 Å². The molecule has 0 saturated heterocycles. The Kier molecular flexibility index (Phi) is 4.58. The number of H-pyrrole nitrogens is 1. The number of amides is 2. The molecule has 0 aliphatic carbocycles. The van der Waals surface area contributed by atoms with E-state index in [1.54, 1.807) is 54.6 Å². The number of benzene rings is 2. The van der Waals surface area contributed by atoms with E-state index >= 15 is 0 Å². The van der Waals surface area contributed by atoms with E-state index < -0.39 is 0 Å². The molecule has 0 saturated carbocycles. The van der Waals surface area contributed by atoms with Crippen LogP contribution in [-0.2, 0) is 0 Å². The van der Waals surface area contributed by atoms with Gasteiger partial charge in [0, 0.05) is 11.3 Å². The monoisotopic (exact) mass is 387 g/mol. The fourth-order valence-corrected chi connectivity index (χ4v) is 3.51. The first-order valence-corrected chi connectivity index (χ1v) is 9.11. The average Bonchev–Trinajstić information content (AvgIpc) is 3.31. The average molecular weight is 387 g/mol. The van der Waals surface area contributed by atoms with E-state index in [1.165, 1.54) is 11.3 Å². The van der Waals surface area contributed by atoms with Crippen LogP contribution in [0.15, 0.2) is 60.7 Å². The molecule has 2 aromatic heterocycles. The Morgan fingerprint density at radius 2 is 1.75 bits per heavy atom. The third kappa shape index (κ3) is 3.47. The van der Waals surface area contributed by atoms with Crippen molar-refractivity contribution in [1.82, 2.24) is 10.2 Å². The molecule has 0 unspecified atom stereocenters. The predicted molar refractivity (Wildman–Crippen MR) is 107 cm³/mol. The van der Waals surface area contributed by atoms with Gasteiger partial charge in [0.1, 0.15) is 4.83 Å². The van der Waals surface area contributed by atoms with Gasteiger partial charge in [0.2, 0.25) is 0 Å². The lowest BCUT2D eigenvalue weighted by atomic mass is 10.2. The molecule has 136 valence electrons. The zero-order chi connectivity index (χ0) is 19.5. The molecule has 0 radical (unpaired) electrons. The number of hydrogen-bond acceptors (Lipinski definition) is 5. The third-order valence-electron chi connectivity index (χ3n) is 4.02. The number of nitriles is 1. The number of nitrogens with zero attached hydrogens (tertiary/aromatic N) is 2. The molecule has 2 heterocycles. The van der Waals surface area contributed by atoms with Gasteiger partial charge in [-0.15, -0.1) is 11.3 Å². The number of carbonyl (C=O) groups excluding carboxylic acids is 2. The third-order valence-corrected chi connectivity index (χ3v) is 5.06. The topological polar surface area (TPSA) is 111 Å². The molecule has 0 atom stereocenters. The summed E-state index contributed by atoms with van der Waals surface area (Å²) in [6.07, 6.45) is 0. The van der Waals surface area contributed by atoms with Gasteiger partial charge >= 0.3 is 0 Å². The summed E-state index contributed by atoms with van der Waals surface area (Å²) in [5.41, 5.74) is 1.64. The highest BCUT2D eigenvalue weighted by Crippen LogP contribution is 2.30. The molecule has 7 nitrogen and oxygen atoms in total. The fourth-order valence-electron chi connectivity index (χ4n) is 2.61. The van der Waals surface area contributed by atoms with E-state index in [4.69, 9.17) is 5.26 Å². The van der Waals surface area contributed by atoms with Crippen LogP contribution >= 0.6 is 11.3 Å². The lowest BCUT2D eigenvalue weighted by Gasteiger charge is -2.03. The summed E-state index contributed by atoms with van der Waals surface area (Å²) in [7, 11) is 0. The van der Waals surface area contributed by atoms with Crippen LogP contribution in [0.3, 0.4) is 0 Å². The van der Waals surface area contributed by atoms with E-state index in [2.05, 4.69) is 20.8 Å². The maximum Gasteiger partial charge on any atom is 0.265 e. The minimum Gasteiger partial charge on any atom is -0.321 e. The minimum atomic E-state index is -0.278. The van der Waals surface area contributed by atoms with E-state index in [0.717, 1.165) is 0 Å². The molecule has 2 aromatic carbocycles. The number of fused-ring (bicyclic) bond motifs is 1. The van der Waals surface area contributed by atoms with Crippen LogP contribution in [0.2, 0.25) is 0 Å². The lowest BCUT2D eigenvalue weighted by Crippen LogP contribution is -2.12. The van der Waals surface area contributed by atoms with Crippen LogP contribution in [0.1, 0.15) is 25.6 Å². The smallest absolute Gasteiger partial charge is 0.265 e. The summed E-state index contributed by atoms with van der Waals surface area (Å²) in [6.45, 7) is 0. The van der Waals surface area contributed by atoms with Crippen molar-refractivity contribution in [3.05, 3.63) is 76.7 Å². The number of aromatic nitrogens is 2. The second-order valence-corrected chi connectivity index (χ2v) is 6.94. The largest absolute Gasteiger partial charge is 0.321 e. The Morgan fingerprint density at radius 1 is 1.00 bits per heavy atom. The van der Waals surface area contributed by atoms with Crippen LogP contribution < -0.4 is 10.6 Å². The van der Waals surface area contributed by atoms with Crippen LogP contribution in [0, 0.1) is 11.3 Å². The molecule has 28 heavy (non-hydrogen) atoms. The van der Waals surface area contributed by atoms with Crippen molar-refractivity contribution in [3.8, 4) is 6.07 Å². The normalized spacial score (nSPS) is 10.4. The van der Waals surface area contributed by atoms with Gasteiger partial charge in [0.25, 0.3) is 11.8 Å². The fraction of sp³-hybridized carbons (Fsp3) is 0. The second-order valence-electron chi connectivity index (χ2n) is 5.89. The Hall–Kier alpha value is -3.96. The highest BCUT2D eigenvalue weighted by Gasteiger charge is 2.17. The first kappa shape index (κ1) is 17.5. The van der Waals surface area contributed by atoms with Gasteiger partial charge in [-0.1, -0.05) is 18.2 Å². The highest BCUT2D eigenvalue weighted by molar-refractivity contribution is 7.20. The van der Waals surface area contributed by atoms with Gasteiger partial charge in [0.05, 0.1) is 21.9 Å². The Bertz CT molecular complexity index is 1200. The van der Waals surface area contributed by atoms with Gasteiger partial charge in [0.15, 0.2) is 5.82 Å². The SMILES string of the molecule is N#Cc1ccc(NC(=O)c2cc3c(NC(=O)c4ccccc4)n[nH]c3s2)cc1. The number of nitrogens with one attached hydrogen (secondary N) is 3. The van der Waals surface area contributed by atoms with Crippen molar-refractivity contribution in [2.24, 2.45) is 0 Å². The van der Waals surface area contributed by atoms with Crippen LogP contribution in [-0.4, -0.2) is 22.0 Å². The zero-order valence-electron chi connectivity index (χ0n) is 14.4. The molecule has 2 amide bonds. The number of anilines is 2. The minimum absolute atomic E-state index is 0.274. The van der Waals surface area contributed by atoms with Crippen LogP contribution in [0.25, 0.3) is 10.2 Å². The molecule has 4 rings (SSSR count). The number of thiophene rings is 1. The Morgan fingerprint density at radius 3 is 2.46 bits per heavy atom. The molecule has 3 N–H and O–H groups in total. The van der Waals surface area contributed by atoms with Gasteiger partial charge in [-0.2, -0.15) is 10.4 Å². The number of rotatable bonds is 4. The highest BCUT2D eigenvalue weighted by atomic mass is 32.1. The molecule has 0 aliphatic heterocycles. The molecular formula is C20H13N5O2S. The van der Waals surface area contributed by atoms with Gasteiger partial charge < -0.3 is 10.6 Å². The molecular weight excluding hydrogens is 374 g/mol. The van der Waals surface area contributed by atoms with E-state index in [0.29, 0.717) is 37.7 Å². The molecule has 4 aromatic rings. The molecule has 0 aliphatic rings. The van der Waals surface area contributed by atoms with Crippen molar-refractivity contribution < 1.29 is 9.59 Å². The summed E-state index contributed by atoms with van der Waals surface area (Å²) in [4.78, 5) is 26.0. The molecule has 0 bridgehead atoms. The van der Waals surface area contributed by atoms with E-state index in [1.807, 2.05) is 12.1 Å². The maximum atomic E-state index is 12.5. The molecule has 0 fully saturated rings. The second kappa shape index (κ2) is 7.34. The summed E-state index contributed by atoms with van der Waals surface area (Å²) in [5, 5.41) is 22.0. The molecule has 0 spiro atoms. The number of carbonyl (C=O) groups is 2. The Labute approximate surface area is 163 Å². The van der Waals surface area contributed by atoms with E-state index in [-0.39, 0.29) is 11.8 Å². The summed E-state index contributed by atoms with van der Waals surface area (Å²) >= 11 is 1.24. The van der Waals surface area contributed by atoms with Crippen molar-refractivity contribution in [2.75, 3.05) is 10.6 Å². The summed E-state index contributed by atoms with van der Waals surface area (Å²) in [5.74, 6) is -0.180. The maximum absolute atomic E-state index is 12.5. The molecule has 8 heteroatoms. The number of aromatic amines is 1. The van der Waals surface area contributed by atoms with Gasteiger partial charge in [-0.3, -0.25) is 14.7 Å². The number of hydrogen-bond donors (Lipinski definition) is 3.